The first kappa shape index (κ1) is 20.3. The zero-order chi connectivity index (χ0) is 20.8. The molecule has 0 aliphatic carbocycles. The van der Waals surface area contributed by atoms with Gasteiger partial charge in [-0.25, -0.2) is 0 Å². The van der Waals surface area contributed by atoms with Gasteiger partial charge in [0.1, 0.15) is 0 Å². The fourth-order valence-corrected chi connectivity index (χ4v) is 3.92. The Hall–Kier alpha value is -3.00. The molecule has 8 heteroatoms. The van der Waals surface area contributed by atoms with Gasteiger partial charge in [0.2, 0.25) is 11.8 Å². The van der Waals surface area contributed by atoms with Crippen LogP contribution in [0, 0.1) is 12.8 Å². The molecule has 1 fully saturated rings. The predicted octanol–water partition coefficient (Wildman–Crippen LogP) is 2.46. The zero-order valence-corrected chi connectivity index (χ0v) is 17.3. The van der Waals surface area contributed by atoms with Crippen LogP contribution in [0.15, 0.2) is 47.1 Å². The van der Waals surface area contributed by atoms with Crippen molar-refractivity contribution < 1.29 is 9.21 Å². The van der Waals surface area contributed by atoms with Gasteiger partial charge in [-0.3, -0.25) is 14.4 Å². The van der Waals surface area contributed by atoms with Crippen molar-refractivity contribution >= 4 is 5.91 Å². The zero-order valence-electron chi connectivity index (χ0n) is 17.3. The van der Waals surface area contributed by atoms with E-state index in [4.69, 9.17) is 4.42 Å². The number of amides is 1. The standard InChI is InChI=1S/C22H28N6O2/c1-17-25-26-21(30-17)16-27-13-8-19(15-27)14-18-4-6-20(7-5-18)22(29)23-9-2-11-28-12-3-10-24-28/h3-7,10,12,19H,2,8-9,11,13-16H2,1H3,(H,23,29). The molecule has 0 radical (unpaired) electrons. The number of hydrogen-bond donors (Lipinski definition) is 1. The number of likely N-dealkylation sites (tertiary alicyclic amines) is 1. The Balaban J connectivity index is 1.19. The van der Waals surface area contributed by atoms with Gasteiger partial charge in [0.15, 0.2) is 0 Å². The molecule has 0 bridgehead atoms. The van der Waals surface area contributed by atoms with Crippen molar-refractivity contribution in [2.45, 2.75) is 39.3 Å². The first-order valence-corrected chi connectivity index (χ1v) is 10.5. The van der Waals surface area contributed by atoms with Crippen molar-refractivity contribution in [1.29, 1.82) is 0 Å². The largest absolute Gasteiger partial charge is 0.424 e. The van der Waals surface area contributed by atoms with E-state index in [1.54, 1.807) is 6.20 Å². The maximum absolute atomic E-state index is 12.3. The first-order chi connectivity index (χ1) is 14.7. The third kappa shape index (κ3) is 5.54. The van der Waals surface area contributed by atoms with Gasteiger partial charge in [0, 0.05) is 44.5 Å². The number of benzene rings is 1. The molecule has 1 amide bonds. The average Bonchev–Trinajstić information content (AvgIpc) is 3.50. The Bertz CT molecular complexity index is 935. The number of hydrogen-bond acceptors (Lipinski definition) is 6. The minimum Gasteiger partial charge on any atom is -0.424 e. The van der Waals surface area contributed by atoms with Crippen molar-refractivity contribution in [2.75, 3.05) is 19.6 Å². The van der Waals surface area contributed by atoms with Gasteiger partial charge < -0.3 is 9.73 Å². The van der Waals surface area contributed by atoms with Crippen molar-refractivity contribution in [3.8, 4) is 0 Å². The van der Waals surface area contributed by atoms with Crippen molar-refractivity contribution in [1.82, 2.24) is 30.2 Å². The van der Waals surface area contributed by atoms with Crippen LogP contribution in [-0.4, -0.2) is 50.4 Å². The van der Waals surface area contributed by atoms with Crippen LogP contribution in [-0.2, 0) is 19.5 Å². The van der Waals surface area contributed by atoms with E-state index in [1.165, 1.54) is 5.56 Å². The number of nitrogens with one attached hydrogen (secondary N) is 1. The van der Waals surface area contributed by atoms with E-state index < -0.39 is 0 Å². The minimum atomic E-state index is -0.0242. The molecule has 4 rings (SSSR count). The second-order valence-corrected chi connectivity index (χ2v) is 7.88. The number of aryl methyl sites for hydroxylation is 2. The first-order valence-electron chi connectivity index (χ1n) is 10.5. The highest BCUT2D eigenvalue weighted by Gasteiger charge is 2.24. The molecule has 30 heavy (non-hydrogen) atoms. The minimum absolute atomic E-state index is 0.0242. The molecule has 2 aromatic heterocycles. The molecule has 8 nitrogen and oxygen atoms in total. The van der Waals surface area contributed by atoms with E-state index in [1.807, 2.05) is 36.0 Å². The van der Waals surface area contributed by atoms with E-state index in [-0.39, 0.29) is 5.91 Å². The summed E-state index contributed by atoms with van der Waals surface area (Å²) in [4.78, 5) is 14.7. The lowest BCUT2D eigenvalue weighted by Crippen LogP contribution is -2.25. The van der Waals surface area contributed by atoms with E-state index >= 15 is 0 Å². The van der Waals surface area contributed by atoms with Crippen molar-refractivity contribution in [3.05, 3.63) is 65.6 Å². The Labute approximate surface area is 176 Å². The fraction of sp³-hybridized carbons (Fsp3) is 0.455. The molecule has 1 aliphatic heterocycles. The van der Waals surface area contributed by atoms with Crippen LogP contribution in [0.3, 0.4) is 0 Å². The summed E-state index contributed by atoms with van der Waals surface area (Å²) in [6.45, 7) is 6.05. The average molecular weight is 409 g/mol. The molecule has 0 spiro atoms. The van der Waals surface area contributed by atoms with Gasteiger partial charge in [0.05, 0.1) is 6.54 Å². The summed E-state index contributed by atoms with van der Waals surface area (Å²) in [6, 6.07) is 9.89. The molecule has 3 heterocycles. The normalized spacial score (nSPS) is 16.8. The van der Waals surface area contributed by atoms with Gasteiger partial charge >= 0.3 is 0 Å². The molecule has 1 aromatic carbocycles. The number of carbonyl (C=O) groups is 1. The molecule has 158 valence electrons. The highest BCUT2D eigenvalue weighted by molar-refractivity contribution is 5.94. The number of carbonyl (C=O) groups excluding carboxylic acids is 1. The Kier molecular flexibility index (Phi) is 6.53. The molecule has 1 unspecified atom stereocenters. The van der Waals surface area contributed by atoms with Gasteiger partial charge in [-0.1, -0.05) is 12.1 Å². The molecule has 1 atom stereocenters. The van der Waals surface area contributed by atoms with E-state index in [0.717, 1.165) is 45.4 Å². The van der Waals surface area contributed by atoms with Gasteiger partial charge in [-0.15, -0.1) is 10.2 Å². The lowest BCUT2D eigenvalue weighted by molar-refractivity contribution is 0.0952. The number of rotatable bonds is 9. The van der Waals surface area contributed by atoms with Crippen LogP contribution in [0.5, 0.6) is 0 Å². The molecule has 0 saturated carbocycles. The van der Waals surface area contributed by atoms with Gasteiger partial charge in [-0.2, -0.15) is 5.10 Å². The molecule has 1 saturated heterocycles. The Morgan fingerprint density at radius 3 is 2.87 bits per heavy atom. The monoisotopic (exact) mass is 408 g/mol. The van der Waals surface area contributed by atoms with Crippen LogP contribution in [0.1, 0.15) is 40.5 Å². The van der Waals surface area contributed by atoms with Crippen LogP contribution >= 0.6 is 0 Å². The van der Waals surface area contributed by atoms with Crippen LogP contribution in [0.2, 0.25) is 0 Å². The highest BCUT2D eigenvalue weighted by Crippen LogP contribution is 2.22. The molecular weight excluding hydrogens is 380 g/mol. The fourth-order valence-electron chi connectivity index (χ4n) is 3.92. The summed E-state index contributed by atoms with van der Waals surface area (Å²) in [5, 5.41) is 15.1. The summed E-state index contributed by atoms with van der Waals surface area (Å²) >= 11 is 0. The molecule has 3 aromatic rings. The highest BCUT2D eigenvalue weighted by atomic mass is 16.4. The Morgan fingerprint density at radius 1 is 1.27 bits per heavy atom. The summed E-state index contributed by atoms with van der Waals surface area (Å²) in [6.07, 6.45) is 6.72. The van der Waals surface area contributed by atoms with Gasteiger partial charge in [-0.05, 0) is 55.5 Å². The maximum Gasteiger partial charge on any atom is 0.251 e. The number of aromatic nitrogens is 4. The maximum atomic E-state index is 12.3. The smallest absolute Gasteiger partial charge is 0.251 e. The van der Waals surface area contributed by atoms with Crippen LogP contribution in [0.4, 0.5) is 0 Å². The third-order valence-corrected chi connectivity index (χ3v) is 5.45. The Morgan fingerprint density at radius 2 is 2.13 bits per heavy atom. The summed E-state index contributed by atoms with van der Waals surface area (Å²) in [5.74, 6) is 1.89. The molecule has 1 aliphatic rings. The van der Waals surface area contributed by atoms with Crippen LogP contribution < -0.4 is 5.32 Å². The quantitative estimate of drug-likeness (QED) is 0.547. The van der Waals surface area contributed by atoms with Crippen molar-refractivity contribution in [3.63, 3.8) is 0 Å². The second kappa shape index (κ2) is 9.67. The van der Waals surface area contributed by atoms with E-state index in [2.05, 4.69) is 37.6 Å². The van der Waals surface area contributed by atoms with E-state index in [9.17, 15) is 4.79 Å². The molecular formula is C22H28N6O2. The molecule has 1 N–H and O–H groups in total. The van der Waals surface area contributed by atoms with Crippen molar-refractivity contribution in [2.24, 2.45) is 5.92 Å². The lowest BCUT2D eigenvalue weighted by Gasteiger charge is -2.14. The predicted molar refractivity (Wildman–Crippen MR) is 112 cm³/mol. The lowest BCUT2D eigenvalue weighted by atomic mass is 9.98. The van der Waals surface area contributed by atoms with E-state index in [0.29, 0.717) is 29.8 Å². The van der Waals surface area contributed by atoms with Gasteiger partial charge in [0.25, 0.3) is 5.91 Å². The SMILES string of the molecule is Cc1nnc(CN2CCC(Cc3ccc(C(=O)NCCCn4cccn4)cc3)C2)o1. The third-order valence-electron chi connectivity index (χ3n) is 5.45. The number of nitrogens with zero attached hydrogens (tertiary/aromatic N) is 5. The summed E-state index contributed by atoms with van der Waals surface area (Å²) in [5.41, 5.74) is 1.98. The second-order valence-electron chi connectivity index (χ2n) is 7.88. The summed E-state index contributed by atoms with van der Waals surface area (Å²) in [7, 11) is 0. The van der Waals surface area contributed by atoms with Crippen LogP contribution in [0.25, 0.3) is 0 Å². The topological polar surface area (TPSA) is 89.1 Å². The summed E-state index contributed by atoms with van der Waals surface area (Å²) < 4.78 is 7.35.